The number of halogens is 1. The Balaban J connectivity index is 2.33. The van der Waals surface area contributed by atoms with Crippen LogP contribution in [0.2, 0.25) is 5.02 Å². The topological polar surface area (TPSA) is 77.2 Å². The van der Waals surface area contributed by atoms with E-state index in [1.54, 1.807) is 16.7 Å². The molecule has 0 unspecified atom stereocenters. The zero-order valence-electron chi connectivity index (χ0n) is 12.2. The highest BCUT2D eigenvalue weighted by Crippen LogP contribution is 2.23. The van der Waals surface area contributed by atoms with Crippen LogP contribution in [-0.4, -0.2) is 37.7 Å². The first kappa shape index (κ1) is 16.8. The van der Waals surface area contributed by atoms with Gasteiger partial charge in [0.25, 0.3) is 0 Å². The Bertz CT molecular complexity index is 643. The fourth-order valence-electron chi connectivity index (χ4n) is 1.70. The number of benzene rings is 1. The molecule has 1 N–H and O–H groups in total. The van der Waals surface area contributed by atoms with Crippen LogP contribution < -0.4 is 0 Å². The average Bonchev–Trinajstić information content (AvgIpc) is 2.86. The summed E-state index contributed by atoms with van der Waals surface area (Å²) >= 11 is 7.02. The first-order valence-corrected chi connectivity index (χ1v) is 8.00. The van der Waals surface area contributed by atoms with Crippen LogP contribution in [0, 0.1) is 0 Å². The molecule has 0 bridgehead atoms. The lowest BCUT2D eigenvalue weighted by Crippen LogP contribution is -2.09. The third kappa shape index (κ3) is 4.46. The quantitative estimate of drug-likeness (QED) is 0.780. The van der Waals surface area contributed by atoms with E-state index >= 15 is 0 Å². The minimum Gasteiger partial charge on any atom is -0.481 e. The zero-order valence-corrected chi connectivity index (χ0v) is 13.8. The van der Waals surface area contributed by atoms with E-state index in [1.807, 2.05) is 26.0 Å². The van der Waals surface area contributed by atoms with Crippen molar-refractivity contribution in [2.75, 3.05) is 5.75 Å². The number of carboxylic acid groups (broad SMARTS) is 1. The van der Waals surface area contributed by atoms with E-state index in [2.05, 4.69) is 10.2 Å². The highest BCUT2D eigenvalue weighted by Gasteiger charge is 2.16. The summed E-state index contributed by atoms with van der Waals surface area (Å²) in [6.45, 7) is 4.16. The fourth-order valence-corrected chi connectivity index (χ4v) is 2.52. The second kappa shape index (κ2) is 7.62. The molecule has 0 aliphatic carbocycles. The van der Waals surface area contributed by atoms with Crippen LogP contribution in [0.4, 0.5) is 0 Å². The summed E-state index contributed by atoms with van der Waals surface area (Å²) in [7, 11) is 0. The third-order valence-electron chi connectivity index (χ3n) is 2.66. The van der Waals surface area contributed by atoms with Crippen LogP contribution in [0.1, 0.15) is 19.7 Å². The van der Waals surface area contributed by atoms with Gasteiger partial charge < -0.3 is 9.84 Å². The highest BCUT2D eigenvalue weighted by molar-refractivity contribution is 7.99. The predicted molar refractivity (Wildman–Crippen MR) is 84.7 cm³/mol. The fraction of sp³-hybridized carbons (Fsp3) is 0.357. The van der Waals surface area contributed by atoms with E-state index in [9.17, 15) is 4.79 Å². The summed E-state index contributed by atoms with van der Waals surface area (Å²) in [5.74, 6) is -0.379. The summed E-state index contributed by atoms with van der Waals surface area (Å²) in [6, 6.07) is 7.18. The molecule has 0 fully saturated rings. The van der Waals surface area contributed by atoms with Gasteiger partial charge in [-0.25, -0.2) is 0 Å². The van der Waals surface area contributed by atoms with Gasteiger partial charge in [0.2, 0.25) is 0 Å². The van der Waals surface area contributed by atoms with Gasteiger partial charge in [0.15, 0.2) is 11.0 Å². The van der Waals surface area contributed by atoms with Crippen molar-refractivity contribution < 1.29 is 14.6 Å². The molecular weight excluding hydrogens is 326 g/mol. The van der Waals surface area contributed by atoms with Crippen molar-refractivity contribution in [2.24, 2.45) is 0 Å². The predicted octanol–water partition coefficient (Wildman–Crippen LogP) is 3.02. The van der Waals surface area contributed by atoms with Crippen LogP contribution in [0.15, 0.2) is 29.4 Å². The molecule has 0 spiro atoms. The molecule has 8 heteroatoms. The molecule has 1 aromatic heterocycles. The molecule has 0 atom stereocenters. The van der Waals surface area contributed by atoms with Gasteiger partial charge in [-0.1, -0.05) is 23.4 Å². The second-order valence-corrected chi connectivity index (χ2v) is 6.13. The Labute approximate surface area is 137 Å². The molecule has 2 aromatic rings. The van der Waals surface area contributed by atoms with Gasteiger partial charge in [0.05, 0.1) is 11.9 Å². The van der Waals surface area contributed by atoms with Crippen molar-refractivity contribution in [3.63, 3.8) is 0 Å². The van der Waals surface area contributed by atoms with Gasteiger partial charge in [0, 0.05) is 10.7 Å². The number of nitrogens with zero attached hydrogens (tertiary/aromatic N) is 3. The monoisotopic (exact) mass is 341 g/mol. The van der Waals surface area contributed by atoms with E-state index in [0.29, 0.717) is 22.6 Å². The molecule has 1 aromatic carbocycles. The summed E-state index contributed by atoms with van der Waals surface area (Å²) in [5.41, 5.74) is 0.810. The molecule has 22 heavy (non-hydrogen) atoms. The summed E-state index contributed by atoms with van der Waals surface area (Å²) in [5, 5.41) is 18.1. The van der Waals surface area contributed by atoms with Crippen LogP contribution in [0.5, 0.6) is 0 Å². The number of carboxylic acids is 1. The highest BCUT2D eigenvalue weighted by atomic mass is 35.5. The van der Waals surface area contributed by atoms with Crippen molar-refractivity contribution >= 4 is 29.3 Å². The molecule has 0 saturated carbocycles. The Hall–Kier alpha value is -1.57. The van der Waals surface area contributed by atoms with Crippen molar-refractivity contribution in [1.29, 1.82) is 0 Å². The maximum absolute atomic E-state index is 10.8. The first-order valence-electron chi connectivity index (χ1n) is 6.64. The number of ether oxygens (including phenoxy) is 1. The number of aliphatic carboxylic acids is 1. The number of carbonyl (C=O) groups is 1. The molecule has 0 saturated heterocycles. The molecule has 0 aliphatic heterocycles. The van der Waals surface area contributed by atoms with E-state index in [1.165, 1.54) is 0 Å². The molecule has 2 rings (SSSR count). The SMILES string of the molecule is CC(C)OCc1nnc(SCC(=O)O)n1-c1ccc(Cl)cc1. The Morgan fingerprint density at radius 1 is 1.36 bits per heavy atom. The molecular formula is C14H16ClN3O3S. The van der Waals surface area contributed by atoms with Gasteiger partial charge in [-0.15, -0.1) is 10.2 Å². The van der Waals surface area contributed by atoms with Crippen LogP contribution >= 0.6 is 23.4 Å². The molecule has 6 nitrogen and oxygen atoms in total. The number of rotatable bonds is 7. The minimum absolute atomic E-state index is 0.0606. The molecule has 0 aliphatic rings. The van der Waals surface area contributed by atoms with Gasteiger partial charge in [-0.05, 0) is 38.1 Å². The lowest BCUT2D eigenvalue weighted by Gasteiger charge is -2.11. The van der Waals surface area contributed by atoms with Crippen LogP contribution in [0.25, 0.3) is 5.69 Å². The largest absolute Gasteiger partial charge is 0.481 e. The molecule has 1 heterocycles. The summed E-state index contributed by atoms with van der Waals surface area (Å²) < 4.78 is 7.36. The zero-order chi connectivity index (χ0) is 16.1. The van der Waals surface area contributed by atoms with Crippen molar-refractivity contribution in [3.8, 4) is 5.69 Å². The van der Waals surface area contributed by atoms with E-state index in [4.69, 9.17) is 21.4 Å². The lowest BCUT2D eigenvalue weighted by atomic mass is 10.3. The minimum atomic E-state index is -0.907. The average molecular weight is 342 g/mol. The number of hydrogen-bond acceptors (Lipinski definition) is 5. The Morgan fingerprint density at radius 2 is 2.05 bits per heavy atom. The van der Waals surface area contributed by atoms with Crippen LogP contribution in [-0.2, 0) is 16.1 Å². The van der Waals surface area contributed by atoms with Crippen molar-refractivity contribution in [2.45, 2.75) is 31.7 Å². The van der Waals surface area contributed by atoms with Gasteiger partial charge in [-0.3, -0.25) is 9.36 Å². The Morgan fingerprint density at radius 3 is 2.64 bits per heavy atom. The molecule has 118 valence electrons. The normalized spacial score (nSPS) is 11.1. The standard InChI is InChI=1S/C14H16ClN3O3S/c1-9(2)21-7-12-16-17-14(22-8-13(19)20)18(12)11-5-3-10(15)4-6-11/h3-6,9H,7-8H2,1-2H3,(H,19,20). The van der Waals surface area contributed by atoms with Gasteiger partial charge in [-0.2, -0.15) is 0 Å². The van der Waals surface area contributed by atoms with Gasteiger partial charge >= 0.3 is 5.97 Å². The summed E-state index contributed by atoms with van der Waals surface area (Å²) in [4.78, 5) is 10.8. The number of aromatic nitrogens is 3. The number of hydrogen-bond donors (Lipinski definition) is 1. The van der Waals surface area contributed by atoms with E-state index in [-0.39, 0.29) is 11.9 Å². The van der Waals surface area contributed by atoms with Crippen LogP contribution in [0.3, 0.4) is 0 Å². The Kier molecular flexibility index (Phi) is 5.82. The van der Waals surface area contributed by atoms with Gasteiger partial charge in [0.1, 0.15) is 6.61 Å². The van der Waals surface area contributed by atoms with E-state index < -0.39 is 5.97 Å². The first-order chi connectivity index (χ1) is 10.5. The van der Waals surface area contributed by atoms with E-state index in [0.717, 1.165) is 17.4 Å². The number of thioether (sulfide) groups is 1. The smallest absolute Gasteiger partial charge is 0.313 e. The summed E-state index contributed by atoms with van der Waals surface area (Å²) in [6.07, 6.45) is 0.0606. The van der Waals surface area contributed by atoms with Crippen molar-refractivity contribution in [3.05, 3.63) is 35.1 Å². The maximum Gasteiger partial charge on any atom is 0.313 e. The lowest BCUT2D eigenvalue weighted by molar-refractivity contribution is -0.133. The second-order valence-electron chi connectivity index (χ2n) is 4.75. The maximum atomic E-state index is 10.8. The third-order valence-corrected chi connectivity index (χ3v) is 3.82. The molecule has 0 radical (unpaired) electrons. The molecule has 0 amide bonds. The van der Waals surface area contributed by atoms with Crippen molar-refractivity contribution in [1.82, 2.24) is 14.8 Å².